The SMILES string of the molecule is CCc1nnc2sc(-c3cccc(NC(=O)c4ccc(OCc5ccccc5)cc4)c3)nn12. The summed E-state index contributed by atoms with van der Waals surface area (Å²) in [5.74, 6) is 1.36. The summed E-state index contributed by atoms with van der Waals surface area (Å²) in [6, 6.07) is 24.7. The van der Waals surface area contributed by atoms with Gasteiger partial charge in [-0.05, 0) is 42.0 Å². The van der Waals surface area contributed by atoms with Crippen molar-refractivity contribution in [3.05, 3.63) is 95.8 Å². The van der Waals surface area contributed by atoms with Crippen molar-refractivity contribution in [1.29, 1.82) is 0 Å². The zero-order chi connectivity index (χ0) is 22.6. The molecule has 0 spiro atoms. The number of ether oxygens (including phenoxy) is 1. The smallest absolute Gasteiger partial charge is 0.255 e. The maximum atomic E-state index is 12.7. The molecule has 0 aliphatic heterocycles. The number of aryl methyl sites for hydroxylation is 1. The van der Waals surface area contributed by atoms with Gasteiger partial charge in [-0.2, -0.15) is 9.61 Å². The van der Waals surface area contributed by atoms with E-state index in [1.165, 1.54) is 11.3 Å². The van der Waals surface area contributed by atoms with Crippen LogP contribution in [0, 0.1) is 0 Å². The monoisotopic (exact) mass is 455 g/mol. The average molecular weight is 456 g/mol. The second-order valence-electron chi connectivity index (χ2n) is 7.40. The van der Waals surface area contributed by atoms with Gasteiger partial charge < -0.3 is 10.1 Å². The first kappa shape index (κ1) is 20.8. The van der Waals surface area contributed by atoms with Crippen LogP contribution in [0.3, 0.4) is 0 Å². The number of fused-ring (bicyclic) bond motifs is 1. The molecule has 0 aliphatic carbocycles. The predicted octanol–water partition coefficient (Wildman–Crippen LogP) is 5.25. The molecule has 3 aromatic carbocycles. The molecule has 5 rings (SSSR count). The maximum absolute atomic E-state index is 12.7. The van der Waals surface area contributed by atoms with Crippen molar-refractivity contribution in [1.82, 2.24) is 19.8 Å². The topological polar surface area (TPSA) is 81.4 Å². The molecule has 0 bridgehead atoms. The summed E-state index contributed by atoms with van der Waals surface area (Å²) in [4.78, 5) is 13.5. The van der Waals surface area contributed by atoms with Crippen molar-refractivity contribution >= 4 is 27.9 Å². The molecule has 0 aliphatic rings. The van der Waals surface area contributed by atoms with Crippen LogP contribution in [-0.2, 0) is 13.0 Å². The Morgan fingerprint density at radius 2 is 1.82 bits per heavy atom. The number of carbonyl (C=O) groups excluding carboxylic acids is 1. The van der Waals surface area contributed by atoms with Crippen molar-refractivity contribution in [2.24, 2.45) is 0 Å². The van der Waals surface area contributed by atoms with Crippen LogP contribution in [0.1, 0.15) is 28.7 Å². The van der Waals surface area contributed by atoms with Gasteiger partial charge >= 0.3 is 0 Å². The van der Waals surface area contributed by atoms with Gasteiger partial charge in [-0.25, -0.2) is 0 Å². The summed E-state index contributed by atoms with van der Waals surface area (Å²) in [7, 11) is 0. The lowest BCUT2D eigenvalue weighted by Gasteiger charge is -2.09. The van der Waals surface area contributed by atoms with Crippen LogP contribution in [-0.4, -0.2) is 25.7 Å². The summed E-state index contributed by atoms with van der Waals surface area (Å²) in [5.41, 5.74) is 3.26. The Morgan fingerprint density at radius 3 is 2.61 bits per heavy atom. The Morgan fingerprint density at radius 1 is 1.00 bits per heavy atom. The number of rotatable bonds is 7. The first-order valence-electron chi connectivity index (χ1n) is 10.6. The fourth-order valence-corrected chi connectivity index (χ4v) is 4.23. The Bertz CT molecular complexity index is 1390. The van der Waals surface area contributed by atoms with E-state index in [-0.39, 0.29) is 5.91 Å². The molecule has 1 N–H and O–H groups in total. The summed E-state index contributed by atoms with van der Waals surface area (Å²) < 4.78 is 7.57. The lowest BCUT2D eigenvalue weighted by Crippen LogP contribution is -2.11. The summed E-state index contributed by atoms with van der Waals surface area (Å²) in [6.07, 6.45) is 0.760. The molecule has 0 saturated heterocycles. The molecular weight excluding hydrogens is 434 g/mol. The predicted molar refractivity (Wildman–Crippen MR) is 129 cm³/mol. The van der Waals surface area contributed by atoms with E-state index < -0.39 is 0 Å². The van der Waals surface area contributed by atoms with Crippen LogP contribution in [0.5, 0.6) is 5.75 Å². The minimum Gasteiger partial charge on any atom is -0.489 e. The number of aromatic nitrogens is 4. The summed E-state index contributed by atoms with van der Waals surface area (Å²) in [5, 5.41) is 16.7. The van der Waals surface area contributed by atoms with Crippen LogP contribution >= 0.6 is 11.3 Å². The molecule has 7 nitrogen and oxygen atoms in total. The van der Waals surface area contributed by atoms with Crippen LogP contribution < -0.4 is 10.1 Å². The number of hydrogen-bond donors (Lipinski definition) is 1. The lowest BCUT2D eigenvalue weighted by molar-refractivity contribution is 0.102. The third kappa shape index (κ3) is 4.61. The minimum absolute atomic E-state index is 0.187. The van der Waals surface area contributed by atoms with E-state index in [1.807, 2.05) is 61.5 Å². The fraction of sp³-hybridized carbons (Fsp3) is 0.120. The molecule has 33 heavy (non-hydrogen) atoms. The molecule has 0 unspecified atom stereocenters. The van der Waals surface area contributed by atoms with Gasteiger partial charge in [0, 0.05) is 23.2 Å². The van der Waals surface area contributed by atoms with E-state index in [2.05, 4.69) is 20.6 Å². The Hall–Kier alpha value is -4.04. The van der Waals surface area contributed by atoms with Crippen molar-refractivity contribution in [2.45, 2.75) is 20.0 Å². The zero-order valence-corrected chi connectivity index (χ0v) is 18.7. The quantitative estimate of drug-likeness (QED) is 0.363. The number of carbonyl (C=O) groups is 1. The molecule has 0 fully saturated rings. The number of amides is 1. The highest BCUT2D eigenvalue weighted by molar-refractivity contribution is 7.19. The second-order valence-corrected chi connectivity index (χ2v) is 8.36. The molecule has 0 atom stereocenters. The number of anilines is 1. The van der Waals surface area contributed by atoms with Crippen LogP contribution in [0.4, 0.5) is 5.69 Å². The first-order valence-corrected chi connectivity index (χ1v) is 11.4. The first-order chi connectivity index (χ1) is 16.2. The summed E-state index contributed by atoms with van der Waals surface area (Å²) >= 11 is 1.47. The zero-order valence-electron chi connectivity index (χ0n) is 17.9. The molecule has 0 saturated carbocycles. The van der Waals surface area contributed by atoms with E-state index in [0.29, 0.717) is 23.6 Å². The van der Waals surface area contributed by atoms with Crippen LogP contribution in [0.15, 0.2) is 78.9 Å². The standard InChI is InChI=1S/C25H21N5O2S/c1-2-22-27-28-25-30(22)29-24(33-25)19-9-6-10-20(15-19)26-23(31)18-11-13-21(14-12-18)32-16-17-7-4-3-5-8-17/h3-15H,2,16H2,1H3,(H,26,31). The molecule has 2 aromatic heterocycles. The van der Waals surface area contributed by atoms with Crippen molar-refractivity contribution in [2.75, 3.05) is 5.32 Å². The van der Waals surface area contributed by atoms with Gasteiger partial charge in [-0.15, -0.1) is 10.2 Å². The molecule has 1 amide bonds. The van der Waals surface area contributed by atoms with E-state index in [9.17, 15) is 4.79 Å². The largest absolute Gasteiger partial charge is 0.489 e. The number of benzene rings is 3. The third-order valence-corrected chi connectivity index (χ3v) is 6.05. The summed E-state index contributed by atoms with van der Waals surface area (Å²) in [6.45, 7) is 2.50. The van der Waals surface area contributed by atoms with E-state index in [4.69, 9.17) is 4.74 Å². The van der Waals surface area contributed by atoms with Gasteiger partial charge in [-0.3, -0.25) is 4.79 Å². The molecule has 8 heteroatoms. The molecule has 5 aromatic rings. The van der Waals surface area contributed by atoms with Crippen LogP contribution in [0.2, 0.25) is 0 Å². The number of hydrogen-bond acceptors (Lipinski definition) is 6. The average Bonchev–Trinajstić information content (AvgIpc) is 3.45. The van der Waals surface area contributed by atoms with Crippen molar-refractivity contribution in [3.63, 3.8) is 0 Å². The molecule has 164 valence electrons. The highest BCUT2D eigenvalue weighted by atomic mass is 32.1. The van der Waals surface area contributed by atoms with Gasteiger partial charge in [0.1, 0.15) is 17.4 Å². The van der Waals surface area contributed by atoms with Gasteiger partial charge in [0.05, 0.1) is 0 Å². The van der Waals surface area contributed by atoms with E-state index in [1.54, 1.807) is 28.8 Å². The normalized spacial score (nSPS) is 10.9. The van der Waals surface area contributed by atoms with Gasteiger partial charge in [0.2, 0.25) is 4.96 Å². The Labute approximate surface area is 194 Å². The molecule has 2 heterocycles. The van der Waals surface area contributed by atoms with Crippen molar-refractivity contribution in [3.8, 4) is 16.3 Å². The highest BCUT2D eigenvalue weighted by Gasteiger charge is 2.13. The molecule has 0 radical (unpaired) electrons. The number of nitrogens with one attached hydrogen (secondary N) is 1. The van der Waals surface area contributed by atoms with Crippen LogP contribution in [0.25, 0.3) is 15.5 Å². The minimum atomic E-state index is -0.187. The van der Waals surface area contributed by atoms with E-state index >= 15 is 0 Å². The van der Waals surface area contributed by atoms with E-state index in [0.717, 1.165) is 33.3 Å². The lowest BCUT2D eigenvalue weighted by atomic mass is 10.1. The third-order valence-electron chi connectivity index (χ3n) is 5.10. The number of nitrogens with zero attached hydrogens (tertiary/aromatic N) is 4. The Kier molecular flexibility index (Phi) is 5.82. The van der Waals surface area contributed by atoms with Gasteiger partial charge in [0.15, 0.2) is 5.82 Å². The van der Waals surface area contributed by atoms with Gasteiger partial charge in [-0.1, -0.05) is 60.7 Å². The fourth-order valence-electron chi connectivity index (χ4n) is 3.37. The Balaban J connectivity index is 1.26. The van der Waals surface area contributed by atoms with Gasteiger partial charge in [0.25, 0.3) is 5.91 Å². The molecular formula is C25H21N5O2S. The highest BCUT2D eigenvalue weighted by Crippen LogP contribution is 2.28. The second kappa shape index (κ2) is 9.22. The van der Waals surface area contributed by atoms with Crippen molar-refractivity contribution < 1.29 is 9.53 Å². The maximum Gasteiger partial charge on any atom is 0.255 e.